The van der Waals surface area contributed by atoms with Gasteiger partial charge in [-0.2, -0.15) is 0 Å². The zero-order chi connectivity index (χ0) is 16.4. The first-order chi connectivity index (χ1) is 10.9. The van der Waals surface area contributed by atoms with Crippen LogP contribution in [0.3, 0.4) is 0 Å². The van der Waals surface area contributed by atoms with E-state index in [2.05, 4.69) is 15.9 Å². The van der Waals surface area contributed by atoms with Crippen LogP contribution in [0.1, 0.15) is 11.1 Å². The zero-order valence-electron chi connectivity index (χ0n) is 12.1. The summed E-state index contributed by atoms with van der Waals surface area (Å²) in [6.07, 6.45) is 0. The van der Waals surface area contributed by atoms with Gasteiger partial charge in [-0.25, -0.2) is 12.8 Å². The molecule has 0 fully saturated rings. The molecule has 0 atom stereocenters. The van der Waals surface area contributed by atoms with Crippen molar-refractivity contribution in [2.75, 3.05) is 13.2 Å². The van der Waals surface area contributed by atoms with Crippen LogP contribution in [0.4, 0.5) is 4.39 Å². The highest BCUT2D eigenvalue weighted by Crippen LogP contribution is 2.36. The fraction of sp³-hybridized carbons (Fsp3) is 0.250. The summed E-state index contributed by atoms with van der Waals surface area (Å²) in [5.41, 5.74) is 1.16. The van der Waals surface area contributed by atoms with E-state index in [1.165, 1.54) is 24.3 Å². The van der Waals surface area contributed by atoms with E-state index in [0.29, 0.717) is 40.3 Å². The number of fused-ring (bicyclic) bond motifs is 1. The first-order valence-corrected chi connectivity index (χ1v) is 9.57. The largest absolute Gasteiger partial charge is 0.486 e. The van der Waals surface area contributed by atoms with Gasteiger partial charge in [0, 0.05) is 4.47 Å². The van der Waals surface area contributed by atoms with Crippen molar-refractivity contribution in [3.05, 3.63) is 57.8 Å². The van der Waals surface area contributed by atoms with Crippen molar-refractivity contribution >= 4 is 25.8 Å². The van der Waals surface area contributed by atoms with Gasteiger partial charge in [0.25, 0.3) is 0 Å². The van der Waals surface area contributed by atoms with Crippen LogP contribution in [0.2, 0.25) is 0 Å². The normalized spacial score (nSPS) is 13.8. The highest BCUT2D eigenvalue weighted by molar-refractivity contribution is 9.10. The monoisotopic (exact) mass is 400 g/mol. The lowest BCUT2D eigenvalue weighted by Crippen LogP contribution is -2.16. The van der Waals surface area contributed by atoms with Crippen LogP contribution < -0.4 is 9.47 Å². The molecule has 0 saturated carbocycles. The molecule has 0 amide bonds. The molecule has 2 aromatic carbocycles. The molecule has 1 aliphatic heterocycles. The number of sulfone groups is 1. The van der Waals surface area contributed by atoms with E-state index in [4.69, 9.17) is 9.47 Å². The van der Waals surface area contributed by atoms with Crippen molar-refractivity contribution in [2.45, 2.75) is 11.5 Å². The Morgan fingerprint density at radius 1 is 1.00 bits per heavy atom. The summed E-state index contributed by atoms with van der Waals surface area (Å²) in [6.45, 7) is 0.915. The quantitative estimate of drug-likeness (QED) is 0.788. The van der Waals surface area contributed by atoms with E-state index in [0.717, 1.165) is 0 Å². The second kappa shape index (κ2) is 6.49. The highest BCUT2D eigenvalue weighted by Gasteiger charge is 2.19. The third-order valence-electron chi connectivity index (χ3n) is 3.39. The van der Waals surface area contributed by atoms with Crippen molar-refractivity contribution in [3.63, 3.8) is 0 Å². The van der Waals surface area contributed by atoms with E-state index >= 15 is 0 Å². The molecule has 1 aliphatic rings. The van der Waals surface area contributed by atoms with Crippen LogP contribution in [0.25, 0.3) is 0 Å². The summed E-state index contributed by atoms with van der Waals surface area (Å²) in [7, 11) is -3.40. The van der Waals surface area contributed by atoms with Crippen molar-refractivity contribution in [3.8, 4) is 11.5 Å². The van der Waals surface area contributed by atoms with Crippen molar-refractivity contribution < 1.29 is 22.3 Å². The Hall–Kier alpha value is -1.60. The van der Waals surface area contributed by atoms with Gasteiger partial charge in [0.15, 0.2) is 21.3 Å². The number of rotatable bonds is 4. The smallest absolute Gasteiger partial charge is 0.162 e. The second-order valence-electron chi connectivity index (χ2n) is 5.25. The topological polar surface area (TPSA) is 52.6 Å². The third kappa shape index (κ3) is 4.03. The average molecular weight is 401 g/mol. The van der Waals surface area contributed by atoms with Gasteiger partial charge in [0.2, 0.25) is 0 Å². The van der Waals surface area contributed by atoms with Crippen LogP contribution in [-0.4, -0.2) is 21.6 Å². The van der Waals surface area contributed by atoms with Crippen molar-refractivity contribution in [1.82, 2.24) is 0 Å². The SMILES string of the molecule is O=S(=O)(Cc1ccc(F)cc1)Cc1cc2c(cc1Br)OCCO2. The maximum absolute atomic E-state index is 12.9. The number of hydrogen-bond donors (Lipinski definition) is 0. The molecule has 2 aromatic rings. The van der Waals surface area contributed by atoms with Gasteiger partial charge in [-0.15, -0.1) is 0 Å². The molecule has 0 N–H and O–H groups in total. The summed E-state index contributed by atoms with van der Waals surface area (Å²) >= 11 is 3.37. The molecule has 4 nitrogen and oxygen atoms in total. The van der Waals surface area contributed by atoms with Gasteiger partial charge in [0.1, 0.15) is 19.0 Å². The molecule has 0 unspecified atom stereocenters. The van der Waals surface area contributed by atoms with Crippen LogP contribution in [-0.2, 0) is 21.3 Å². The Bertz CT molecular complexity index is 819. The summed E-state index contributed by atoms with van der Waals surface area (Å²) in [6, 6.07) is 8.87. The minimum atomic E-state index is -3.40. The summed E-state index contributed by atoms with van der Waals surface area (Å²) < 4.78 is 49.3. The molecule has 0 aliphatic carbocycles. The zero-order valence-corrected chi connectivity index (χ0v) is 14.5. The standard InChI is InChI=1S/C16H14BrFO4S/c17-14-8-16-15(21-5-6-22-16)7-12(14)10-23(19,20)9-11-1-3-13(18)4-2-11/h1-4,7-8H,5-6,9-10H2. The van der Waals surface area contributed by atoms with Crippen LogP contribution in [0.15, 0.2) is 40.9 Å². The Morgan fingerprint density at radius 2 is 1.61 bits per heavy atom. The van der Waals surface area contributed by atoms with Gasteiger partial charge < -0.3 is 9.47 Å². The Labute approximate surface area is 142 Å². The molecule has 0 bridgehead atoms. The van der Waals surface area contributed by atoms with Gasteiger partial charge in [-0.05, 0) is 35.4 Å². The third-order valence-corrected chi connectivity index (χ3v) is 5.65. The molecule has 0 aromatic heterocycles. The molecule has 0 radical (unpaired) electrons. The molecule has 0 spiro atoms. The Kier molecular flexibility index (Phi) is 4.59. The van der Waals surface area contributed by atoms with Gasteiger partial charge in [0.05, 0.1) is 11.5 Å². The lowest BCUT2D eigenvalue weighted by atomic mass is 10.2. The minimum absolute atomic E-state index is 0.137. The second-order valence-corrected chi connectivity index (χ2v) is 8.16. The summed E-state index contributed by atoms with van der Waals surface area (Å²) in [4.78, 5) is 0. The van der Waals surface area contributed by atoms with E-state index in [-0.39, 0.29) is 17.3 Å². The fourth-order valence-electron chi connectivity index (χ4n) is 2.34. The molecular weight excluding hydrogens is 387 g/mol. The van der Waals surface area contributed by atoms with Crippen LogP contribution >= 0.6 is 15.9 Å². The van der Waals surface area contributed by atoms with E-state index in [9.17, 15) is 12.8 Å². The average Bonchev–Trinajstić information content (AvgIpc) is 2.50. The van der Waals surface area contributed by atoms with Gasteiger partial charge in [-0.1, -0.05) is 28.1 Å². The maximum atomic E-state index is 12.9. The molecule has 23 heavy (non-hydrogen) atoms. The number of ether oxygens (including phenoxy) is 2. The summed E-state index contributed by atoms with van der Waals surface area (Å²) in [5.74, 6) is 0.477. The first kappa shape index (κ1) is 16.3. The number of hydrogen-bond acceptors (Lipinski definition) is 4. The molecule has 7 heteroatoms. The predicted octanol–water partition coefficient (Wildman–Crippen LogP) is 3.47. The molecular formula is C16H14BrFO4S. The Balaban J connectivity index is 1.81. The number of benzene rings is 2. The van der Waals surface area contributed by atoms with E-state index in [1.54, 1.807) is 12.1 Å². The summed E-state index contributed by atoms with van der Waals surface area (Å²) in [5, 5.41) is 0. The first-order valence-electron chi connectivity index (χ1n) is 6.96. The van der Waals surface area contributed by atoms with Crippen LogP contribution in [0, 0.1) is 5.82 Å². The lowest BCUT2D eigenvalue weighted by molar-refractivity contribution is 0.171. The lowest BCUT2D eigenvalue weighted by Gasteiger charge is -2.20. The number of halogens is 2. The van der Waals surface area contributed by atoms with Gasteiger partial charge in [-0.3, -0.25) is 0 Å². The van der Waals surface area contributed by atoms with E-state index in [1.807, 2.05) is 0 Å². The van der Waals surface area contributed by atoms with Crippen LogP contribution in [0.5, 0.6) is 11.5 Å². The maximum Gasteiger partial charge on any atom is 0.162 e. The highest BCUT2D eigenvalue weighted by atomic mass is 79.9. The molecule has 3 rings (SSSR count). The van der Waals surface area contributed by atoms with E-state index < -0.39 is 9.84 Å². The Morgan fingerprint density at radius 3 is 2.26 bits per heavy atom. The van der Waals surface area contributed by atoms with Crippen molar-refractivity contribution in [2.24, 2.45) is 0 Å². The molecule has 122 valence electrons. The van der Waals surface area contributed by atoms with Crippen molar-refractivity contribution in [1.29, 1.82) is 0 Å². The fourth-order valence-corrected chi connectivity index (χ4v) is 4.50. The predicted molar refractivity (Wildman–Crippen MR) is 87.9 cm³/mol. The molecule has 0 saturated heterocycles. The molecule has 1 heterocycles. The minimum Gasteiger partial charge on any atom is -0.486 e. The van der Waals surface area contributed by atoms with Gasteiger partial charge >= 0.3 is 0 Å².